The molecule has 2 fully saturated rings. The Balaban J connectivity index is 1.83. The van der Waals surface area contributed by atoms with Gasteiger partial charge in [0.2, 0.25) is 10.0 Å². The van der Waals surface area contributed by atoms with Crippen molar-refractivity contribution in [3.63, 3.8) is 0 Å². The van der Waals surface area contributed by atoms with Gasteiger partial charge < -0.3 is 10.2 Å². The molecule has 0 saturated carbocycles. The fourth-order valence-electron chi connectivity index (χ4n) is 3.36. The molecular weight excluding hydrogens is 302 g/mol. The van der Waals surface area contributed by atoms with Crippen molar-refractivity contribution in [3.05, 3.63) is 29.8 Å². The van der Waals surface area contributed by atoms with E-state index < -0.39 is 10.0 Å². The molecule has 2 heterocycles. The van der Waals surface area contributed by atoms with E-state index in [0.29, 0.717) is 11.6 Å². The van der Waals surface area contributed by atoms with E-state index >= 15 is 0 Å². The quantitative estimate of drug-likeness (QED) is 0.852. The number of sulfonamides is 1. The Morgan fingerprint density at radius 2 is 1.86 bits per heavy atom. The van der Waals surface area contributed by atoms with Crippen LogP contribution in [-0.4, -0.2) is 51.4 Å². The smallest absolute Gasteiger partial charge is 0.254 e. The van der Waals surface area contributed by atoms with Gasteiger partial charge in [-0.1, -0.05) is 0 Å². The maximum Gasteiger partial charge on any atom is 0.254 e. The van der Waals surface area contributed by atoms with Crippen LogP contribution in [0.2, 0.25) is 0 Å². The Kier molecular flexibility index (Phi) is 4.20. The van der Waals surface area contributed by atoms with Crippen molar-refractivity contribution in [2.45, 2.75) is 36.2 Å². The summed E-state index contributed by atoms with van der Waals surface area (Å²) in [6.07, 6.45) is 3.08. The average Bonchev–Trinajstić information content (AvgIpc) is 2.79. The van der Waals surface area contributed by atoms with E-state index in [2.05, 4.69) is 10.0 Å². The van der Waals surface area contributed by atoms with Crippen LogP contribution >= 0.6 is 0 Å². The van der Waals surface area contributed by atoms with Crippen LogP contribution in [-0.2, 0) is 10.0 Å². The number of fused-ring (bicyclic) bond motifs is 2. The molecule has 2 aliphatic rings. The summed E-state index contributed by atoms with van der Waals surface area (Å²) in [6.45, 7) is 1.79. The third-order valence-electron chi connectivity index (χ3n) is 4.57. The number of hydrogen-bond acceptors (Lipinski definition) is 4. The highest BCUT2D eigenvalue weighted by Gasteiger charge is 2.38. The minimum absolute atomic E-state index is 0.00426. The molecule has 22 heavy (non-hydrogen) atoms. The lowest BCUT2D eigenvalue weighted by Gasteiger charge is -2.28. The van der Waals surface area contributed by atoms with Crippen LogP contribution in [0.4, 0.5) is 0 Å². The van der Waals surface area contributed by atoms with Gasteiger partial charge in [0.05, 0.1) is 4.90 Å². The second-order valence-corrected chi connectivity index (χ2v) is 7.71. The minimum atomic E-state index is -3.47. The molecule has 0 aromatic heterocycles. The summed E-state index contributed by atoms with van der Waals surface area (Å²) in [5.74, 6) is 0.00426. The summed E-state index contributed by atoms with van der Waals surface area (Å²) >= 11 is 0. The fourth-order valence-corrected chi connectivity index (χ4v) is 4.09. The van der Waals surface area contributed by atoms with Gasteiger partial charge in [0, 0.05) is 24.2 Å². The highest BCUT2D eigenvalue weighted by molar-refractivity contribution is 7.89. The number of nitrogens with one attached hydrogen (secondary N) is 2. The normalized spacial score (nSPS) is 25.0. The largest absolute Gasteiger partial charge is 0.331 e. The molecule has 120 valence electrons. The van der Waals surface area contributed by atoms with Gasteiger partial charge in [-0.05, 0) is 57.1 Å². The van der Waals surface area contributed by atoms with Crippen molar-refractivity contribution in [2.24, 2.45) is 0 Å². The lowest BCUT2D eigenvalue weighted by Crippen LogP contribution is -2.42. The first-order chi connectivity index (χ1) is 10.5. The minimum Gasteiger partial charge on any atom is -0.331 e. The number of carbonyl (C=O) groups is 1. The lowest BCUT2D eigenvalue weighted by atomic mass is 10.1. The van der Waals surface area contributed by atoms with Gasteiger partial charge in [0.15, 0.2) is 0 Å². The van der Waals surface area contributed by atoms with Gasteiger partial charge in [-0.2, -0.15) is 0 Å². The highest BCUT2D eigenvalue weighted by atomic mass is 32.2. The van der Waals surface area contributed by atoms with Crippen molar-refractivity contribution < 1.29 is 13.2 Å². The number of nitrogens with zero attached hydrogens (tertiary/aromatic N) is 1. The van der Waals surface area contributed by atoms with E-state index in [0.717, 1.165) is 32.4 Å². The fraction of sp³-hybridized carbons (Fsp3) is 0.533. The third kappa shape index (κ3) is 2.76. The summed E-state index contributed by atoms with van der Waals surface area (Å²) in [5.41, 5.74) is 0.550. The molecule has 2 unspecified atom stereocenters. The van der Waals surface area contributed by atoms with Crippen LogP contribution in [0.3, 0.4) is 0 Å². The van der Waals surface area contributed by atoms with E-state index in [1.165, 1.54) is 19.2 Å². The van der Waals surface area contributed by atoms with E-state index in [9.17, 15) is 13.2 Å². The number of carbonyl (C=O) groups excluding carboxylic acids is 1. The molecule has 2 aliphatic heterocycles. The molecule has 2 N–H and O–H groups in total. The molecular formula is C15H21N3O3S. The number of rotatable bonds is 3. The van der Waals surface area contributed by atoms with Crippen molar-refractivity contribution in [1.82, 2.24) is 14.9 Å². The summed E-state index contributed by atoms with van der Waals surface area (Å²) < 4.78 is 25.7. The molecule has 2 atom stereocenters. The summed E-state index contributed by atoms with van der Waals surface area (Å²) in [7, 11) is -2.09. The summed E-state index contributed by atoms with van der Waals surface area (Å²) in [5, 5.41) is 3.37. The highest BCUT2D eigenvalue weighted by Crippen LogP contribution is 2.29. The van der Waals surface area contributed by atoms with E-state index in [-0.39, 0.29) is 16.8 Å². The Labute approximate surface area is 130 Å². The first-order valence-electron chi connectivity index (χ1n) is 7.60. The SMILES string of the molecule is CNS(=O)(=O)c1ccc(C(=O)N2C3CCNCC2CC3)cc1. The van der Waals surface area contributed by atoms with Gasteiger partial charge in [-0.15, -0.1) is 0 Å². The van der Waals surface area contributed by atoms with Crippen molar-refractivity contribution in [2.75, 3.05) is 20.1 Å². The maximum absolute atomic E-state index is 12.8. The van der Waals surface area contributed by atoms with E-state index in [4.69, 9.17) is 0 Å². The molecule has 0 radical (unpaired) electrons. The molecule has 1 amide bonds. The maximum atomic E-state index is 12.8. The van der Waals surface area contributed by atoms with Crippen LogP contribution in [0.1, 0.15) is 29.6 Å². The van der Waals surface area contributed by atoms with Crippen molar-refractivity contribution in [1.29, 1.82) is 0 Å². The van der Waals surface area contributed by atoms with Crippen LogP contribution in [0.15, 0.2) is 29.2 Å². The van der Waals surface area contributed by atoms with Gasteiger partial charge in [0.25, 0.3) is 5.91 Å². The first-order valence-corrected chi connectivity index (χ1v) is 9.08. The lowest BCUT2D eigenvalue weighted by molar-refractivity contribution is 0.0680. The number of amides is 1. The molecule has 2 bridgehead atoms. The zero-order chi connectivity index (χ0) is 15.7. The Morgan fingerprint density at radius 1 is 1.18 bits per heavy atom. The molecule has 0 aliphatic carbocycles. The average molecular weight is 323 g/mol. The van der Waals surface area contributed by atoms with Crippen LogP contribution in [0, 0.1) is 0 Å². The second-order valence-electron chi connectivity index (χ2n) is 5.82. The molecule has 6 nitrogen and oxygen atoms in total. The van der Waals surface area contributed by atoms with Gasteiger partial charge in [-0.3, -0.25) is 4.79 Å². The van der Waals surface area contributed by atoms with E-state index in [1.807, 2.05) is 4.90 Å². The molecule has 2 saturated heterocycles. The number of benzene rings is 1. The zero-order valence-corrected chi connectivity index (χ0v) is 13.4. The van der Waals surface area contributed by atoms with Crippen LogP contribution in [0.5, 0.6) is 0 Å². The Morgan fingerprint density at radius 3 is 2.55 bits per heavy atom. The van der Waals surface area contributed by atoms with Crippen LogP contribution in [0.25, 0.3) is 0 Å². The molecule has 1 aromatic rings. The standard InChI is InChI=1S/C15H21N3O3S/c1-16-22(20,21)14-6-2-11(3-7-14)15(19)18-12-4-5-13(18)10-17-9-8-12/h2-3,6-7,12-13,16-17H,4-5,8-10H2,1H3. The van der Waals surface area contributed by atoms with Gasteiger partial charge in [0.1, 0.15) is 0 Å². The molecule has 0 spiro atoms. The third-order valence-corrected chi connectivity index (χ3v) is 6.00. The van der Waals surface area contributed by atoms with Crippen molar-refractivity contribution >= 4 is 15.9 Å². The molecule has 1 aromatic carbocycles. The molecule has 7 heteroatoms. The Bertz CT molecular complexity index is 643. The van der Waals surface area contributed by atoms with Crippen molar-refractivity contribution in [3.8, 4) is 0 Å². The Hall–Kier alpha value is -1.44. The predicted octanol–water partition coefficient (Wildman–Crippen LogP) is 0.561. The predicted molar refractivity (Wildman–Crippen MR) is 83.2 cm³/mol. The van der Waals surface area contributed by atoms with Gasteiger partial charge >= 0.3 is 0 Å². The van der Waals surface area contributed by atoms with Gasteiger partial charge in [-0.25, -0.2) is 13.1 Å². The molecule has 3 rings (SSSR count). The monoisotopic (exact) mass is 323 g/mol. The van der Waals surface area contributed by atoms with Crippen LogP contribution < -0.4 is 10.0 Å². The zero-order valence-electron chi connectivity index (χ0n) is 12.6. The topological polar surface area (TPSA) is 78.5 Å². The second kappa shape index (κ2) is 5.98. The number of hydrogen-bond donors (Lipinski definition) is 2. The summed E-state index contributed by atoms with van der Waals surface area (Å²) in [4.78, 5) is 14.9. The first kappa shape index (κ1) is 15.5. The summed E-state index contributed by atoms with van der Waals surface area (Å²) in [6, 6.07) is 6.72. The van der Waals surface area contributed by atoms with E-state index in [1.54, 1.807) is 12.1 Å².